The highest BCUT2D eigenvalue weighted by Gasteiger charge is 2.15. The second kappa shape index (κ2) is 4.96. The second-order valence-corrected chi connectivity index (χ2v) is 2.12. The number of carbonyl (C=O) groups excluding carboxylic acids is 2. The Morgan fingerprint density at radius 2 is 2.09 bits per heavy atom. The van der Waals surface area contributed by atoms with Gasteiger partial charge in [-0.2, -0.15) is 0 Å². The highest BCUT2D eigenvalue weighted by molar-refractivity contribution is 6.64. The molecule has 0 bridgehead atoms. The van der Waals surface area contributed by atoms with Crippen LogP contribution in [0.15, 0.2) is 0 Å². The van der Waals surface area contributed by atoms with Crippen LogP contribution in [-0.2, 0) is 14.3 Å². The molecule has 1 atom stereocenters. The molecule has 64 valence electrons. The molecule has 0 radical (unpaired) electrons. The van der Waals surface area contributed by atoms with Crippen LogP contribution in [-0.4, -0.2) is 24.1 Å². The Kier molecular flexibility index (Phi) is 4.61. The van der Waals surface area contributed by atoms with E-state index in [-0.39, 0.29) is 6.61 Å². The number of rotatable bonds is 3. The predicted octanol–water partition coefficient (Wildman–Crippen LogP) is 1.31. The van der Waals surface area contributed by atoms with Crippen LogP contribution in [0, 0.1) is 0 Å². The van der Waals surface area contributed by atoms with E-state index in [0.29, 0.717) is 0 Å². The molecule has 0 aliphatic heterocycles. The molecule has 0 aliphatic rings. The van der Waals surface area contributed by atoms with Gasteiger partial charge in [0.05, 0.1) is 6.61 Å². The molecule has 0 fully saturated rings. The van der Waals surface area contributed by atoms with Gasteiger partial charge in [-0.05, 0) is 25.4 Å². The molecule has 5 heteroatoms. The van der Waals surface area contributed by atoms with Crippen molar-refractivity contribution in [1.29, 1.82) is 0 Å². The van der Waals surface area contributed by atoms with Crippen molar-refractivity contribution < 1.29 is 19.1 Å². The fraction of sp³-hybridized carbons (Fsp3) is 0.667. The van der Waals surface area contributed by atoms with Gasteiger partial charge in [-0.1, -0.05) is 0 Å². The van der Waals surface area contributed by atoms with Gasteiger partial charge in [0.25, 0.3) is 5.24 Å². The minimum Gasteiger partial charge on any atom is -0.435 e. The third-order valence-corrected chi connectivity index (χ3v) is 1.16. The lowest BCUT2D eigenvalue weighted by molar-refractivity contribution is -0.119. The van der Waals surface area contributed by atoms with Crippen molar-refractivity contribution in [3.05, 3.63) is 0 Å². The first-order valence-electron chi connectivity index (χ1n) is 3.10. The van der Waals surface area contributed by atoms with E-state index >= 15 is 0 Å². The fourth-order valence-corrected chi connectivity index (χ4v) is 0.387. The summed E-state index contributed by atoms with van der Waals surface area (Å²) in [5.74, 6) is 0. The first kappa shape index (κ1) is 10.2. The van der Waals surface area contributed by atoms with Gasteiger partial charge in [0.15, 0.2) is 6.10 Å². The van der Waals surface area contributed by atoms with E-state index in [0.717, 1.165) is 0 Å². The topological polar surface area (TPSA) is 52.6 Å². The first-order valence-corrected chi connectivity index (χ1v) is 3.48. The molecule has 0 N–H and O–H groups in total. The Morgan fingerprint density at radius 3 is 2.45 bits per heavy atom. The van der Waals surface area contributed by atoms with Gasteiger partial charge >= 0.3 is 6.16 Å². The van der Waals surface area contributed by atoms with Crippen molar-refractivity contribution in [1.82, 2.24) is 0 Å². The minimum atomic E-state index is -0.948. The van der Waals surface area contributed by atoms with Crippen molar-refractivity contribution >= 4 is 23.0 Å². The molecule has 0 unspecified atom stereocenters. The third-order valence-electron chi connectivity index (χ3n) is 0.855. The monoisotopic (exact) mass is 180 g/mol. The maximum Gasteiger partial charge on any atom is 0.509 e. The maximum atomic E-state index is 10.5. The van der Waals surface area contributed by atoms with Gasteiger partial charge < -0.3 is 9.47 Å². The molecule has 0 spiro atoms. The van der Waals surface area contributed by atoms with Gasteiger partial charge in [0.2, 0.25) is 0 Å². The first-order chi connectivity index (χ1) is 5.07. The Bertz CT molecular complexity index is 157. The zero-order valence-electron chi connectivity index (χ0n) is 6.30. The molecule has 0 aromatic carbocycles. The van der Waals surface area contributed by atoms with Crippen LogP contribution < -0.4 is 0 Å². The summed E-state index contributed by atoms with van der Waals surface area (Å²) in [4.78, 5) is 20.8. The molecule has 0 rings (SSSR count). The largest absolute Gasteiger partial charge is 0.509 e. The van der Waals surface area contributed by atoms with Gasteiger partial charge in [0.1, 0.15) is 0 Å². The standard InChI is InChI=1S/C6H9ClO4/c1-3-10-6(9)11-4(2)5(7)8/h4H,3H2,1-2H3/t4-/m1/s1. The van der Waals surface area contributed by atoms with E-state index in [9.17, 15) is 9.59 Å². The second-order valence-electron chi connectivity index (χ2n) is 1.75. The summed E-state index contributed by atoms with van der Waals surface area (Å²) in [6.07, 6.45) is -1.83. The number of carbonyl (C=O) groups is 2. The molecule has 0 aliphatic carbocycles. The molecule has 0 aromatic rings. The molecule has 11 heavy (non-hydrogen) atoms. The highest BCUT2D eigenvalue weighted by atomic mass is 35.5. The third kappa shape index (κ3) is 4.61. The SMILES string of the molecule is CCOC(=O)O[C@H](C)C(=O)Cl. The quantitative estimate of drug-likeness (QED) is 0.486. The van der Waals surface area contributed by atoms with Gasteiger partial charge in [-0.3, -0.25) is 4.79 Å². The van der Waals surface area contributed by atoms with Crippen LogP contribution in [0.5, 0.6) is 0 Å². The van der Waals surface area contributed by atoms with Crippen LogP contribution in [0.4, 0.5) is 4.79 Å². The molecular formula is C6H9ClO4. The van der Waals surface area contributed by atoms with Gasteiger partial charge in [0, 0.05) is 0 Å². The van der Waals surface area contributed by atoms with E-state index in [1.54, 1.807) is 6.92 Å². The van der Waals surface area contributed by atoms with E-state index in [1.165, 1.54) is 6.92 Å². The zero-order chi connectivity index (χ0) is 8.85. The highest BCUT2D eigenvalue weighted by Crippen LogP contribution is 1.98. The lowest BCUT2D eigenvalue weighted by atomic mass is 10.5. The van der Waals surface area contributed by atoms with Crippen LogP contribution in [0.25, 0.3) is 0 Å². The van der Waals surface area contributed by atoms with E-state index < -0.39 is 17.5 Å². The number of hydrogen-bond acceptors (Lipinski definition) is 4. The van der Waals surface area contributed by atoms with Crippen molar-refractivity contribution in [3.63, 3.8) is 0 Å². The summed E-state index contributed by atoms with van der Waals surface area (Å²) in [7, 11) is 0. The fourth-order valence-electron chi connectivity index (χ4n) is 0.343. The number of hydrogen-bond donors (Lipinski definition) is 0. The van der Waals surface area contributed by atoms with Crippen molar-refractivity contribution in [2.45, 2.75) is 20.0 Å². The van der Waals surface area contributed by atoms with E-state index in [2.05, 4.69) is 9.47 Å². The van der Waals surface area contributed by atoms with Gasteiger partial charge in [-0.15, -0.1) is 0 Å². The van der Waals surface area contributed by atoms with Crippen molar-refractivity contribution in [3.8, 4) is 0 Å². The summed E-state index contributed by atoms with van der Waals surface area (Å²) in [6.45, 7) is 3.21. The Labute approximate surface area is 69.4 Å². The van der Waals surface area contributed by atoms with Crippen molar-refractivity contribution in [2.75, 3.05) is 6.61 Å². The van der Waals surface area contributed by atoms with Gasteiger partial charge in [-0.25, -0.2) is 4.79 Å². The molecule has 0 saturated carbocycles. The van der Waals surface area contributed by atoms with E-state index in [4.69, 9.17) is 11.6 Å². The molecular weight excluding hydrogens is 172 g/mol. The van der Waals surface area contributed by atoms with E-state index in [1.807, 2.05) is 0 Å². The average Bonchev–Trinajstić information content (AvgIpc) is 1.87. The van der Waals surface area contributed by atoms with Crippen LogP contribution in [0.3, 0.4) is 0 Å². The summed E-state index contributed by atoms with van der Waals surface area (Å²) in [6, 6.07) is 0. The summed E-state index contributed by atoms with van der Waals surface area (Å²) >= 11 is 5.00. The zero-order valence-corrected chi connectivity index (χ0v) is 7.05. The predicted molar refractivity (Wildman–Crippen MR) is 38.4 cm³/mol. The molecule has 0 aromatic heterocycles. The number of halogens is 1. The lowest BCUT2D eigenvalue weighted by Gasteiger charge is -2.07. The van der Waals surface area contributed by atoms with Crippen LogP contribution in [0.1, 0.15) is 13.8 Å². The Morgan fingerprint density at radius 1 is 1.55 bits per heavy atom. The molecule has 0 saturated heterocycles. The molecule has 0 heterocycles. The lowest BCUT2D eigenvalue weighted by Crippen LogP contribution is -2.20. The molecule has 0 amide bonds. The Balaban J connectivity index is 3.66. The summed E-state index contributed by atoms with van der Waals surface area (Å²) in [5.41, 5.74) is 0. The van der Waals surface area contributed by atoms with Crippen LogP contribution in [0.2, 0.25) is 0 Å². The minimum absolute atomic E-state index is 0.210. The van der Waals surface area contributed by atoms with Crippen molar-refractivity contribution in [2.24, 2.45) is 0 Å². The smallest absolute Gasteiger partial charge is 0.435 e. The maximum absolute atomic E-state index is 10.5. The summed E-state index contributed by atoms with van der Waals surface area (Å²) in [5, 5.41) is -0.724. The normalized spacial score (nSPS) is 11.9. The summed E-state index contributed by atoms with van der Waals surface area (Å²) < 4.78 is 8.80. The number of ether oxygens (including phenoxy) is 2. The Hall–Kier alpha value is -0.770. The van der Waals surface area contributed by atoms with Crippen LogP contribution >= 0.6 is 11.6 Å². The average molecular weight is 181 g/mol. The molecule has 4 nitrogen and oxygen atoms in total.